The van der Waals surface area contributed by atoms with Crippen LogP contribution < -0.4 is 4.90 Å². The molecule has 0 unspecified atom stereocenters. The molecule has 0 radical (unpaired) electrons. The van der Waals surface area contributed by atoms with Crippen LogP contribution in [0.5, 0.6) is 0 Å². The monoisotopic (exact) mass is 481 g/mol. The second-order valence-corrected chi connectivity index (χ2v) is 8.89. The predicted octanol–water partition coefficient (Wildman–Crippen LogP) is 4.38. The van der Waals surface area contributed by atoms with Crippen LogP contribution in [0.4, 0.5) is 11.4 Å². The van der Waals surface area contributed by atoms with Crippen LogP contribution in [-0.2, 0) is 22.7 Å². The molecule has 1 aromatic heterocycles. The molecule has 0 fully saturated rings. The second-order valence-electron chi connectivity index (χ2n) is 7.80. The molecule has 172 valence electrons. The van der Waals surface area contributed by atoms with Crippen LogP contribution in [-0.4, -0.2) is 33.3 Å². The lowest BCUT2D eigenvalue weighted by atomic mass is 10.1. The van der Waals surface area contributed by atoms with E-state index in [9.17, 15) is 9.59 Å². The summed E-state index contributed by atoms with van der Waals surface area (Å²) in [5.41, 5.74) is 3.33. The van der Waals surface area contributed by atoms with Crippen molar-refractivity contribution in [1.29, 1.82) is 5.26 Å². The summed E-state index contributed by atoms with van der Waals surface area (Å²) in [4.78, 5) is 29.3. The third kappa shape index (κ3) is 4.93. The Morgan fingerprint density at radius 2 is 1.57 bits per heavy atom. The van der Waals surface area contributed by atoms with Gasteiger partial charge in [-0.15, -0.1) is 5.10 Å². The van der Waals surface area contributed by atoms with E-state index in [1.807, 2.05) is 59.5 Å². The number of Topliss-reactive ketones (excluding diaryl/α,β-unsaturated/α-hetero) is 1. The molecule has 4 aromatic rings. The summed E-state index contributed by atoms with van der Waals surface area (Å²) in [6, 6.07) is 24.3. The molecule has 0 aliphatic carbocycles. The minimum atomic E-state index is -0.398. The standard InChI is InChI=1S/C26H19N5O3S/c27-13-18-9-11-19(12-10-18)23(32)15-30-14-20(28-29-30)17-34-26(33)16-31-21-5-1-3-7-24(21)35-25-8-4-2-6-22(25)31/h1-12,14H,15-17H2. The number of fused-ring (bicyclic) bond motifs is 2. The minimum absolute atomic E-state index is 0.00808. The summed E-state index contributed by atoms with van der Waals surface area (Å²) in [5, 5.41) is 16.8. The van der Waals surface area contributed by atoms with Gasteiger partial charge in [-0.25, -0.2) is 4.68 Å². The normalized spacial score (nSPS) is 11.8. The zero-order chi connectivity index (χ0) is 24.2. The summed E-state index contributed by atoms with van der Waals surface area (Å²) in [6.07, 6.45) is 1.58. The summed E-state index contributed by atoms with van der Waals surface area (Å²) in [7, 11) is 0. The largest absolute Gasteiger partial charge is 0.458 e. The van der Waals surface area contributed by atoms with Crippen LogP contribution >= 0.6 is 11.8 Å². The van der Waals surface area contributed by atoms with E-state index >= 15 is 0 Å². The van der Waals surface area contributed by atoms with Gasteiger partial charge >= 0.3 is 5.97 Å². The molecule has 0 N–H and O–H groups in total. The van der Waals surface area contributed by atoms with Gasteiger partial charge in [-0.3, -0.25) is 9.59 Å². The highest BCUT2D eigenvalue weighted by Crippen LogP contribution is 2.47. The molecular weight excluding hydrogens is 462 g/mol. The number of nitrogens with zero attached hydrogens (tertiary/aromatic N) is 5. The highest BCUT2D eigenvalue weighted by Gasteiger charge is 2.25. The Balaban J connectivity index is 1.20. The quantitative estimate of drug-likeness (QED) is 0.283. The smallest absolute Gasteiger partial charge is 0.326 e. The summed E-state index contributed by atoms with van der Waals surface area (Å²) in [5.74, 6) is -0.562. The number of aromatic nitrogens is 3. The van der Waals surface area contributed by atoms with Crippen molar-refractivity contribution in [3.05, 3.63) is 95.8 Å². The van der Waals surface area contributed by atoms with Crippen molar-refractivity contribution in [3.63, 3.8) is 0 Å². The number of anilines is 2. The van der Waals surface area contributed by atoms with E-state index < -0.39 is 5.97 Å². The van der Waals surface area contributed by atoms with Crippen molar-refractivity contribution in [2.45, 2.75) is 22.9 Å². The molecule has 0 bridgehead atoms. The van der Waals surface area contributed by atoms with E-state index in [2.05, 4.69) is 10.3 Å². The molecule has 9 heteroatoms. The molecule has 3 aromatic carbocycles. The number of carbonyl (C=O) groups excluding carboxylic acids is 2. The van der Waals surface area contributed by atoms with Gasteiger partial charge in [-0.2, -0.15) is 5.26 Å². The van der Waals surface area contributed by atoms with E-state index in [0.29, 0.717) is 16.8 Å². The van der Waals surface area contributed by atoms with Crippen LogP contribution in [0.15, 0.2) is 88.8 Å². The van der Waals surface area contributed by atoms with Crippen LogP contribution in [0.25, 0.3) is 0 Å². The number of para-hydroxylation sites is 2. The molecule has 1 aliphatic rings. The van der Waals surface area contributed by atoms with Crippen LogP contribution in [0.1, 0.15) is 21.6 Å². The molecule has 1 aliphatic heterocycles. The maximum Gasteiger partial charge on any atom is 0.326 e. The molecule has 2 heterocycles. The van der Waals surface area contributed by atoms with Gasteiger partial charge < -0.3 is 9.64 Å². The molecular formula is C26H19N5O3S. The summed E-state index contributed by atoms with van der Waals surface area (Å²) in [6.45, 7) is 0.00152. The first-order chi connectivity index (χ1) is 17.1. The van der Waals surface area contributed by atoms with Crippen LogP contribution in [0.2, 0.25) is 0 Å². The van der Waals surface area contributed by atoms with Crippen molar-refractivity contribution >= 4 is 34.9 Å². The lowest BCUT2D eigenvalue weighted by Crippen LogP contribution is -2.28. The number of ketones is 1. The Hall–Kier alpha value is -4.42. The van der Waals surface area contributed by atoms with Crippen LogP contribution in [0, 0.1) is 11.3 Å². The number of ether oxygens (including phenoxy) is 1. The topological polar surface area (TPSA) is 101 Å². The van der Waals surface area contributed by atoms with E-state index in [4.69, 9.17) is 10.00 Å². The van der Waals surface area contributed by atoms with E-state index in [1.54, 1.807) is 42.2 Å². The highest BCUT2D eigenvalue weighted by atomic mass is 32.2. The number of esters is 1. The Bertz CT molecular complexity index is 1400. The molecule has 0 atom stereocenters. The number of rotatable bonds is 7. The summed E-state index contributed by atoms with van der Waals surface area (Å²) >= 11 is 1.67. The highest BCUT2D eigenvalue weighted by molar-refractivity contribution is 7.99. The van der Waals surface area contributed by atoms with Gasteiger partial charge in [0.2, 0.25) is 0 Å². The van der Waals surface area contributed by atoms with Gasteiger partial charge in [-0.05, 0) is 36.4 Å². The lowest BCUT2D eigenvalue weighted by Gasteiger charge is -2.31. The van der Waals surface area contributed by atoms with Gasteiger partial charge in [0.25, 0.3) is 0 Å². The average Bonchev–Trinajstić information content (AvgIpc) is 3.34. The maximum atomic E-state index is 12.7. The van der Waals surface area contributed by atoms with Crippen LogP contribution in [0.3, 0.4) is 0 Å². The van der Waals surface area contributed by atoms with Gasteiger partial charge in [0, 0.05) is 15.4 Å². The molecule has 0 saturated heterocycles. The van der Waals surface area contributed by atoms with Crippen molar-refractivity contribution in [2.24, 2.45) is 0 Å². The minimum Gasteiger partial charge on any atom is -0.458 e. The third-order valence-corrected chi connectivity index (χ3v) is 6.56. The Kier molecular flexibility index (Phi) is 6.28. The number of nitriles is 1. The first-order valence-corrected chi connectivity index (χ1v) is 11.6. The molecule has 8 nitrogen and oxygen atoms in total. The molecule has 0 amide bonds. The Morgan fingerprint density at radius 3 is 2.23 bits per heavy atom. The van der Waals surface area contributed by atoms with Gasteiger partial charge in [0.05, 0.1) is 29.2 Å². The molecule has 0 saturated carbocycles. The Morgan fingerprint density at radius 1 is 0.914 bits per heavy atom. The van der Waals surface area contributed by atoms with E-state index in [1.165, 1.54) is 4.68 Å². The van der Waals surface area contributed by atoms with Gasteiger partial charge in [0.15, 0.2) is 5.78 Å². The number of hydrogen-bond acceptors (Lipinski definition) is 8. The van der Waals surface area contributed by atoms with Gasteiger partial charge in [-0.1, -0.05) is 53.4 Å². The van der Waals surface area contributed by atoms with Crippen molar-refractivity contribution in [2.75, 3.05) is 11.4 Å². The first-order valence-electron chi connectivity index (χ1n) is 10.8. The van der Waals surface area contributed by atoms with Crippen molar-refractivity contribution in [3.8, 4) is 6.07 Å². The van der Waals surface area contributed by atoms with Crippen molar-refractivity contribution in [1.82, 2.24) is 15.0 Å². The number of carbonyl (C=O) groups is 2. The fourth-order valence-corrected chi connectivity index (χ4v) is 4.83. The molecule has 35 heavy (non-hydrogen) atoms. The fourth-order valence-electron chi connectivity index (χ4n) is 3.73. The zero-order valence-corrected chi connectivity index (χ0v) is 19.3. The number of benzene rings is 3. The molecule has 5 rings (SSSR count). The zero-order valence-electron chi connectivity index (χ0n) is 18.5. The summed E-state index contributed by atoms with van der Waals surface area (Å²) < 4.78 is 6.87. The van der Waals surface area contributed by atoms with Crippen molar-refractivity contribution < 1.29 is 14.3 Å². The predicted molar refractivity (Wildman–Crippen MR) is 129 cm³/mol. The fraction of sp³-hybridized carbons (Fsp3) is 0.115. The first kappa shape index (κ1) is 22.4. The average molecular weight is 482 g/mol. The molecule has 0 spiro atoms. The second kappa shape index (κ2) is 9.83. The van der Waals surface area contributed by atoms with E-state index in [-0.39, 0.29) is 25.5 Å². The maximum absolute atomic E-state index is 12.7. The Labute approximate surface area is 205 Å². The third-order valence-electron chi connectivity index (χ3n) is 5.43. The SMILES string of the molecule is N#Cc1ccc(C(=O)Cn2cc(COC(=O)CN3c4ccccc4Sc4ccccc43)nn2)cc1. The van der Waals surface area contributed by atoms with E-state index in [0.717, 1.165) is 21.2 Å². The number of hydrogen-bond donors (Lipinski definition) is 0. The van der Waals surface area contributed by atoms with Gasteiger partial charge in [0.1, 0.15) is 25.4 Å². The lowest BCUT2D eigenvalue weighted by molar-refractivity contribution is -0.143.